The first-order chi connectivity index (χ1) is 13.0. The molecule has 0 fully saturated rings. The monoisotopic (exact) mass is 364 g/mol. The lowest BCUT2D eigenvalue weighted by Crippen LogP contribution is -2.22. The number of nitrogens with zero attached hydrogens (tertiary/aromatic N) is 3. The third kappa shape index (κ3) is 4.97. The number of pyridine rings is 1. The lowest BCUT2D eigenvalue weighted by Gasteiger charge is -2.10. The Labute approximate surface area is 156 Å². The molecule has 0 bridgehead atoms. The number of hydrogen-bond donors (Lipinski definition) is 3. The van der Waals surface area contributed by atoms with Crippen LogP contribution >= 0.6 is 0 Å². The molecule has 8 heteroatoms. The molecule has 27 heavy (non-hydrogen) atoms. The highest BCUT2D eigenvalue weighted by atomic mass is 16.2. The van der Waals surface area contributed by atoms with Crippen LogP contribution in [0.2, 0.25) is 0 Å². The van der Waals surface area contributed by atoms with E-state index in [0.29, 0.717) is 23.6 Å². The number of amides is 2. The van der Waals surface area contributed by atoms with Crippen molar-refractivity contribution in [3.05, 3.63) is 48.4 Å². The van der Waals surface area contributed by atoms with Crippen LogP contribution in [0.25, 0.3) is 10.8 Å². The van der Waals surface area contributed by atoms with Crippen molar-refractivity contribution in [1.82, 2.24) is 15.0 Å². The first-order valence-electron chi connectivity index (χ1n) is 8.56. The molecule has 8 nitrogen and oxygen atoms in total. The minimum absolute atomic E-state index is 0.0741. The van der Waals surface area contributed by atoms with Crippen molar-refractivity contribution in [2.75, 3.05) is 22.5 Å². The number of hydrogen-bond acceptors (Lipinski definition) is 6. The topological polar surface area (TPSA) is 109 Å². The molecule has 2 amide bonds. The van der Waals surface area contributed by atoms with Crippen LogP contribution < -0.4 is 16.0 Å². The van der Waals surface area contributed by atoms with Gasteiger partial charge in [-0.25, -0.2) is 9.78 Å². The largest absolute Gasteiger partial charge is 0.363 e. The summed E-state index contributed by atoms with van der Waals surface area (Å²) >= 11 is 0. The molecule has 0 spiro atoms. The SMILES string of the molecule is CCC(=O)CNc1cc(C)nc(NC(=O)Nc2ccc3cnccc3c2)n1. The van der Waals surface area contributed by atoms with Gasteiger partial charge in [-0.2, -0.15) is 4.98 Å². The number of carbonyl (C=O) groups excluding carboxylic acids is 2. The minimum atomic E-state index is -0.454. The second-order valence-electron chi connectivity index (χ2n) is 5.98. The normalized spacial score (nSPS) is 10.4. The summed E-state index contributed by atoms with van der Waals surface area (Å²) in [7, 11) is 0. The summed E-state index contributed by atoms with van der Waals surface area (Å²) in [4.78, 5) is 36.2. The summed E-state index contributed by atoms with van der Waals surface area (Å²) in [5.74, 6) is 0.715. The summed E-state index contributed by atoms with van der Waals surface area (Å²) in [5.41, 5.74) is 1.32. The zero-order valence-corrected chi connectivity index (χ0v) is 15.1. The Morgan fingerprint density at radius 3 is 2.70 bits per heavy atom. The molecule has 138 valence electrons. The summed E-state index contributed by atoms with van der Waals surface area (Å²) in [6.07, 6.45) is 3.91. The summed E-state index contributed by atoms with van der Waals surface area (Å²) in [6, 6.07) is 8.67. The van der Waals surface area contributed by atoms with Crippen LogP contribution in [0.4, 0.5) is 22.2 Å². The quantitative estimate of drug-likeness (QED) is 0.619. The highest BCUT2D eigenvalue weighted by Gasteiger charge is 2.08. The standard InChI is InChI=1S/C19H20N6O2/c1-3-16(26)11-21-17-8-12(2)22-18(24-17)25-19(27)23-15-5-4-14-10-20-7-6-13(14)9-15/h4-10H,3,11H2,1-2H3,(H3,21,22,23,24,25,27). The van der Waals surface area contributed by atoms with E-state index < -0.39 is 6.03 Å². The van der Waals surface area contributed by atoms with Gasteiger partial charge < -0.3 is 10.6 Å². The maximum absolute atomic E-state index is 12.3. The van der Waals surface area contributed by atoms with Crippen molar-refractivity contribution >= 4 is 40.0 Å². The second-order valence-corrected chi connectivity index (χ2v) is 5.98. The maximum atomic E-state index is 12.3. The third-order valence-electron chi connectivity index (χ3n) is 3.84. The van der Waals surface area contributed by atoms with E-state index in [-0.39, 0.29) is 18.3 Å². The average Bonchev–Trinajstić information content (AvgIpc) is 2.65. The number of benzene rings is 1. The molecule has 1 aromatic carbocycles. The fraction of sp³-hybridized carbons (Fsp3) is 0.211. The van der Waals surface area contributed by atoms with Crippen molar-refractivity contribution in [3.8, 4) is 0 Å². The van der Waals surface area contributed by atoms with E-state index in [1.807, 2.05) is 18.2 Å². The van der Waals surface area contributed by atoms with E-state index in [4.69, 9.17) is 0 Å². The van der Waals surface area contributed by atoms with Gasteiger partial charge in [0.2, 0.25) is 5.95 Å². The smallest absolute Gasteiger partial charge is 0.326 e. The van der Waals surface area contributed by atoms with E-state index in [1.165, 1.54) is 0 Å². The summed E-state index contributed by atoms with van der Waals surface area (Å²) in [6.45, 7) is 3.77. The van der Waals surface area contributed by atoms with Crippen molar-refractivity contribution < 1.29 is 9.59 Å². The van der Waals surface area contributed by atoms with E-state index in [9.17, 15) is 9.59 Å². The predicted octanol–water partition coefficient (Wildman–Crippen LogP) is 3.37. The molecule has 0 aliphatic rings. The summed E-state index contributed by atoms with van der Waals surface area (Å²) in [5, 5.41) is 10.3. The van der Waals surface area contributed by atoms with Gasteiger partial charge in [0.1, 0.15) is 5.82 Å². The fourth-order valence-electron chi connectivity index (χ4n) is 2.45. The predicted molar refractivity (Wildman–Crippen MR) is 105 cm³/mol. The molecule has 0 aliphatic heterocycles. The van der Waals surface area contributed by atoms with Gasteiger partial charge >= 0.3 is 6.03 Å². The molecule has 0 aliphatic carbocycles. The highest BCUT2D eigenvalue weighted by Crippen LogP contribution is 2.18. The molecule has 0 atom stereocenters. The average molecular weight is 364 g/mol. The van der Waals surface area contributed by atoms with E-state index in [0.717, 1.165) is 10.8 Å². The van der Waals surface area contributed by atoms with Crippen molar-refractivity contribution in [2.45, 2.75) is 20.3 Å². The van der Waals surface area contributed by atoms with Gasteiger partial charge in [0, 0.05) is 41.6 Å². The van der Waals surface area contributed by atoms with Gasteiger partial charge in [0.15, 0.2) is 5.78 Å². The van der Waals surface area contributed by atoms with Gasteiger partial charge in [-0.05, 0) is 30.5 Å². The number of carbonyl (C=O) groups is 2. The molecular formula is C19H20N6O2. The number of rotatable bonds is 6. The first-order valence-corrected chi connectivity index (χ1v) is 8.56. The number of nitrogens with one attached hydrogen (secondary N) is 3. The van der Waals surface area contributed by atoms with Gasteiger partial charge in [-0.15, -0.1) is 0 Å². The molecule has 2 heterocycles. The molecule has 2 aromatic heterocycles. The third-order valence-corrected chi connectivity index (χ3v) is 3.84. The lowest BCUT2D eigenvalue weighted by molar-refractivity contribution is -0.117. The first kappa shape index (κ1) is 18.2. The van der Waals surface area contributed by atoms with E-state index >= 15 is 0 Å². The van der Waals surface area contributed by atoms with Crippen LogP contribution in [-0.2, 0) is 4.79 Å². The lowest BCUT2D eigenvalue weighted by atomic mass is 10.1. The van der Waals surface area contributed by atoms with Crippen LogP contribution in [0.5, 0.6) is 0 Å². The second kappa shape index (κ2) is 8.22. The molecule has 0 radical (unpaired) electrons. The molecule has 0 saturated heterocycles. The molecule has 3 rings (SSSR count). The molecule has 3 aromatic rings. The van der Waals surface area contributed by atoms with Gasteiger partial charge in [0.05, 0.1) is 6.54 Å². The Balaban J connectivity index is 1.67. The van der Waals surface area contributed by atoms with Gasteiger partial charge in [-0.3, -0.25) is 15.1 Å². The Morgan fingerprint density at radius 2 is 1.89 bits per heavy atom. The molecule has 3 N–H and O–H groups in total. The number of anilines is 3. The number of ketones is 1. The highest BCUT2D eigenvalue weighted by molar-refractivity contribution is 6.00. The van der Waals surface area contributed by atoms with Crippen LogP contribution in [0.1, 0.15) is 19.0 Å². The zero-order chi connectivity index (χ0) is 19.2. The summed E-state index contributed by atoms with van der Waals surface area (Å²) < 4.78 is 0. The van der Waals surface area contributed by atoms with Crippen LogP contribution in [0.15, 0.2) is 42.7 Å². The van der Waals surface area contributed by atoms with Crippen molar-refractivity contribution in [1.29, 1.82) is 0 Å². The number of aryl methyl sites for hydroxylation is 1. The van der Waals surface area contributed by atoms with Crippen molar-refractivity contribution in [2.24, 2.45) is 0 Å². The number of fused-ring (bicyclic) bond motifs is 1. The van der Waals surface area contributed by atoms with E-state index in [2.05, 4.69) is 30.9 Å². The zero-order valence-electron chi connectivity index (χ0n) is 15.1. The number of aromatic nitrogens is 3. The molecule has 0 saturated carbocycles. The Hall–Kier alpha value is -3.55. The maximum Gasteiger partial charge on any atom is 0.326 e. The van der Waals surface area contributed by atoms with Gasteiger partial charge in [0.25, 0.3) is 0 Å². The molecular weight excluding hydrogens is 344 g/mol. The van der Waals surface area contributed by atoms with Gasteiger partial charge in [-0.1, -0.05) is 13.0 Å². The van der Waals surface area contributed by atoms with Crippen LogP contribution in [-0.4, -0.2) is 33.3 Å². The number of Topliss-reactive ketones (excluding diaryl/α,β-unsaturated/α-hetero) is 1. The number of urea groups is 1. The van der Waals surface area contributed by atoms with Crippen molar-refractivity contribution in [3.63, 3.8) is 0 Å². The Bertz CT molecular complexity index is 989. The Kier molecular flexibility index (Phi) is 5.55. The van der Waals surface area contributed by atoms with E-state index in [1.54, 1.807) is 38.4 Å². The fourth-order valence-corrected chi connectivity index (χ4v) is 2.45. The molecule has 0 unspecified atom stereocenters. The Morgan fingerprint density at radius 1 is 1.04 bits per heavy atom. The van der Waals surface area contributed by atoms with Crippen LogP contribution in [0, 0.1) is 6.92 Å². The minimum Gasteiger partial charge on any atom is -0.363 e. The van der Waals surface area contributed by atoms with Crippen LogP contribution in [0.3, 0.4) is 0 Å².